The van der Waals surface area contributed by atoms with Gasteiger partial charge in [-0.25, -0.2) is 9.59 Å². The first-order chi connectivity index (χ1) is 63.5. The van der Waals surface area contributed by atoms with Gasteiger partial charge in [-0.3, -0.25) is 19.2 Å². The van der Waals surface area contributed by atoms with Gasteiger partial charge >= 0.3 is 11.9 Å². The molecule has 0 aromatic carbocycles. The van der Waals surface area contributed by atoms with Crippen molar-refractivity contribution in [2.75, 3.05) is 46.2 Å². The third-order valence-electron chi connectivity index (χ3n) is 25.2. The second-order valence-electron chi connectivity index (χ2n) is 36.0. The number of carboxylic acids is 2. The number of allylic oxidation sites excluding steroid dienone is 3. The van der Waals surface area contributed by atoms with Crippen molar-refractivity contribution in [2.45, 2.75) is 460 Å². The molecule has 43 nitrogen and oxygen atoms in total. The average Bonchev–Trinajstić information content (AvgIpc) is 0.752. The molecule has 6 heterocycles. The molecule has 0 saturated carbocycles. The van der Waals surface area contributed by atoms with Crippen LogP contribution in [0.2, 0.25) is 0 Å². The van der Waals surface area contributed by atoms with Crippen LogP contribution in [0.15, 0.2) is 24.3 Å². The maximum Gasteiger partial charge on any atom is 0.364 e. The van der Waals surface area contributed by atoms with E-state index in [4.69, 9.17) is 56.8 Å². The van der Waals surface area contributed by atoms with Crippen molar-refractivity contribution in [3.05, 3.63) is 24.3 Å². The Labute approximate surface area is 777 Å². The van der Waals surface area contributed by atoms with Gasteiger partial charge in [-0.15, -0.1) is 0 Å². The maximum absolute atomic E-state index is 13.7. The standard InChI is InChI=1S/C90H158N4O39/c1-6-8-10-12-14-16-18-20-21-22-23-24-25-26-27-29-31-33-35-37-39-41-64(108)94-54(55(103)40-38-36-34-32-30-28-19-17-15-13-11-9-7-2)49-122-84-74(115)73(114)77(62(48-99)126-84)128-85-75(116)81(70(111)60(46-97)124-85)130-83-67(93-53(5)102)78(72(113)63(127-83)50-123-89(87(118)119)42-56(104)65(91-51(3)100)79(131-89)68(109)58(106)44-95)129-86-76(117)82(71(112)61(47-98)125-86)133-90(88(120)121)43-57(105)66(92-52(4)101)80(132-90)69(110)59(107)45-96/h20-21,38,40,54-63,65-86,95-99,103-107,109-117H,6-19,22-37,39,41-50H2,1-5H3,(H,91,100)(H,92,101)(H,93,102)(H,94,108)(H,118,119)(H,120,121)/b21-20-,40-38+/t54-,55+,56?,57?,58+,59+,60?,61?,62?,63?,65+,66+,67?,68+,69+,70-,71-,72+,73+,74?,75?,76?,77+,78+,79?,80?,81-,82-,83-,84+,85-,86-,89+,90-/m0/s1. The molecule has 772 valence electrons. The van der Waals surface area contributed by atoms with Crippen molar-refractivity contribution in [3.8, 4) is 0 Å². The van der Waals surface area contributed by atoms with Crippen molar-refractivity contribution in [3.63, 3.8) is 0 Å². The number of carbonyl (C=O) groups is 6. The molecule has 6 fully saturated rings. The Balaban J connectivity index is 1.24. The van der Waals surface area contributed by atoms with Crippen LogP contribution in [0.5, 0.6) is 0 Å². The molecule has 0 aromatic rings. The summed E-state index contributed by atoms with van der Waals surface area (Å²) in [6.07, 6.45) is -21.6. The van der Waals surface area contributed by atoms with E-state index in [-0.39, 0.29) is 6.42 Å². The highest BCUT2D eigenvalue weighted by Gasteiger charge is 2.63. The monoisotopic (exact) mass is 1920 g/mol. The summed E-state index contributed by atoms with van der Waals surface area (Å²) >= 11 is 0. The zero-order valence-corrected chi connectivity index (χ0v) is 77.5. The Kier molecular flexibility index (Phi) is 53.5. The van der Waals surface area contributed by atoms with Crippen molar-refractivity contribution in [1.29, 1.82) is 0 Å². The summed E-state index contributed by atoms with van der Waals surface area (Å²) in [6, 6.07) is -6.89. The van der Waals surface area contributed by atoms with E-state index >= 15 is 0 Å². The topological polar surface area (TPSA) is 686 Å². The third-order valence-corrected chi connectivity index (χ3v) is 25.2. The minimum absolute atomic E-state index is 0.111. The predicted octanol–water partition coefficient (Wildman–Crippen LogP) is -1.75. The fourth-order valence-electron chi connectivity index (χ4n) is 17.6. The molecule has 0 spiro atoms. The van der Waals surface area contributed by atoms with E-state index in [0.29, 0.717) is 12.8 Å². The number of hydrogen-bond donors (Lipinski definition) is 25. The van der Waals surface area contributed by atoms with Crippen LogP contribution >= 0.6 is 0 Å². The number of hydrogen-bond acceptors (Lipinski definition) is 37. The molecule has 133 heavy (non-hydrogen) atoms. The number of aliphatic carboxylic acids is 2. The molecule has 0 aromatic heterocycles. The first kappa shape index (κ1) is 117. The minimum atomic E-state index is -3.37. The van der Waals surface area contributed by atoms with Crippen molar-refractivity contribution >= 4 is 35.6 Å². The third kappa shape index (κ3) is 36.0. The lowest BCUT2D eigenvalue weighted by molar-refractivity contribution is -0.391. The van der Waals surface area contributed by atoms with E-state index in [0.717, 1.165) is 97.8 Å². The van der Waals surface area contributed by atoms with Crippen LogP contribution in [0.1, 0.15) is 253 Å². The molecule has 4 amide bonds. The van der Waals surface area contributed by atoms with Gasteiger partial charge in [0.2, 0.25) is 23.6 Å². The van der Waals surface area contributed by atoms with Crippen LogP contribution < -0.4 is 21.3 Å². The summed E-state index contributed by atoms with van der Waals surface area (Å²) in [7, 11) is 0. The van der Waals surface area contributed by atoms with Crippen LogP contribution in [0.4, 0.5) is 0 Å². The van der Waals surface area contributed by atoms with Gasteiger partial charge in [0.1, 0.15) is 134 Å². The number of aliphatic hydroxyl groups excluding tert-OH is 19. The van der Waals surface area contributed by atoms with Gasteiger partial charge in [-0.2, -0.15) is 0 Å². The molecular weight excluding hydrogens is 1760 g/mol. The first-order valence-corrected chi connectivity index (χ1v) is 47.9. The second kappa shape index (κ2) is 60.9. The normalized spacial score (nSPS) is 34.1. The fraction of sp³-hybridized carbons (Fsp3) is 0.889. The molecule has 0 radical (unpaired) electrons. The van der Waals surface area contributed by atoms with Crippen LogP contribution in [0.25, 0.3) is 0 Å². The maximum atomic E-state index is 13.7. The van der Waals surface area contributed by atoms with Gasteiger partial charge in [-0.05, 0) is 44.9 Å². The summed E-state index contributed by atoms with van der Waals surface area (Å²) in [5.41, 5.74) is 0. The van der Waals surface area contributed by atoms with Gasteiger partial charge < -0.3 is 185 Å². The Morgan fingerprint density at radius 2 is 0.782 bits per heavy atom. The Morgan fingerprint density at radius 1 is 0.406 bits per heavy atom. The van der Waals surface area contributed by atoms with E-state index in [1.807, 2.05) is 0 Å². The lowest BCUT2D eigenvalue weighted by Gasteiger charge is -2.52. The fourth-order valence-corrected chi connectivity index (χ4v) is 17.6. The quantitative estimate of drug-likeness (QED) is 0.0237. The number of amides is 4. The lowest BCUT2D eigenvalue weighted by Crippen LogP contribution is -2.72. The van der Waals surface area contributed by atoms with E-state index in [9.17, 15) is 136 Å². The molecule has 6 aliphatic heterocycles. The number of nitrogens with one attached hydrogen (secondary N) is 4. The molecule has 12 unspecified atom stereocenters. The zero-order valence-electron chi connectivity index (χ0n) is 77.5. The van der Waals surface area contributed by atoms with Crippen molar-refractivity contribution in [2.24, 2.45) is 0 Å². The van der Waals surface area contributed by atoms with Crippen LogP contribution in [0.3, 0.4) is 0 Å². The smallest absolute Gasteiger partial charge is 0.364 e. The Bertz CT molecular complexity index is 3360. The molecule has 43 heteroatoms. The van der Waals surface area contributed by atoms with Gasteiger partial charge in [0.25, 0.3) is 11.6 Å². The summed E-state index contributed by atoms with van der Waals surface area (Å²) in [6.45, 7) is -0.653. The number of rotatable bonds is 64. The molecule has 0 aliphatic carbocycles. The largest absolute Gasteiger partial charge is 0.477 e. The molecule has 25 N–H and O–H groups in total. The number of carboxylic acid groups (broad SMARTS) is 2. The summed E-state index contributed by atoms with van der Waals surface area (Å²) in [5, 5.41) is 247. The van der Waals surface area contributed by atoms with Gasteiger partial charge in [-0.1, -0.05) is 192 Å². The lowest BCUT2D eigenvalue weighted by atomic mass is 9.88. The van der Waals surface area contributed by atoms with E-state index in [2.05, 4.69) is 47.3 Å². The first-order valence-electron chi connectivity index (χ1n) is 47.9. The zero-order chi connectivity index (χ0) is 98.1. The van der Waals surface area contributed by atoms with Crippen molar-refractivity contribution < 1.29 is 193 Å². The summed E-state index contributed by atoms with van der Waals surface area (Å²) in [5.74, 6) is -14.2. The average molecular weight is 1920 g/mol. The molecule has 6 aliphatic rings. The highest BCUT2D eigenvalue weighted by Crippen LogP contribution is 2.42. The SMILES string of the molecule is CCCCCCCC/C=C\CCCCCCCCCCCCCC(=O)N[C@@H](CO[C@@H]1OC(CO)[C@@H](O[C@@H]2OC(CO)[C@H](O)[C@H](O[C@@H]3OC(CO[C@]4(C(=O)O)CC(O)[C@@H](NC(C)=O)C([C@H](O)[C@H](O)CO)O4)[C@@H](O)[C@H](O[C@@H]4OC(CO)[C@H](O)[C@H](O[C@]5(C(=O)O)CC(O)[C@@H](NC(C)=O)C([C@H](O)[C@H](O)CO)O5)C4O)C3NC(C)=O)C2O)[C@H](O)C1O)[C@H](O)/C=C/CCCCCCCCCCCCC. The number of carbonyl (C=O) groups excluding carboxylic acids is 4. The Hall–Kier alpha value is -4.94. The van der Waals surface area contributed by atoms with Gasteiger partial charge in [0, 0.05) is 40.0 Å². The number of ether oxygens (including phenoxy) is 12. The molecule has 0 bridgehead atoms. The van der Waals surface area contributed by atoms with E-state index < -0.39 is 302 Å². The van der Waals surface area contributed by atoms with Crippen molar-refractivity contribution in [1.82, 2.24) is 21.3 Å². The predicted molar refractivity (Wildman–Crippen MR) is 467 cm³/mol. The summed E-state index contributed by atoms with van der Waals surface area (Å²) in [4.78, 5) is 79.2. The number of aliphatic hydroxyl groups is 19. The second-order valence-corrected chi connectivity index (χ2v) is 36.0. The molecule has 6 saturated heterocycles. The molecule has 34 atom stereocenters. The highest BCUT2D eigenvalue weighted by molar-refractivity contribution is 5.78. The van der Waals surface area contributed by atoms with Gasteiger partial charge in [0.05, 0.1) is 82.7 Å². The minimum Gasteiger partial charge on any atom is -0.477 e. The number of unbranched alkanes of at least 4 members (excludes halogenated alkanes) is 28. The van der Waals surface area contributed by atoms with Crippen LogP contribution in [-0.4, -0.2) is 396 Å². The Morgan fingerprint density at radius 3 is 1.23 bits per heavy atom. The van der Waals surface area contributed by atoms with E-state index in [1.165, 1.54) is 115 Å². The van der Waals surface area contributed by atoms with Crippen LogP contribution in [0, 0.1) is 0 Å². The summed E-state index contributed by atoms with van der Waals surface area (Å²) < 4.78 is 71.8. The molecular formula is C90H158N4O39. The van der Waals surface area contributed by atoms with Crippen LogP contribution in [-0.2, 0) is 85.6 Å². The van der Waals surface area contributed by atoms with Gasteiger partial charge in [0.15, 0.2) is 25.2 Å². The van der Waals surface area contributed by atoms with E-state index in [1.54, 1.807) is 6.08 Å². The highest BCUT2D eigenvalue weighted by atomic mass is 16.8. The molecule has 6 rings (SSSR count).